The van der Waals surface area contributed by atoms with E-state index in [1.165, 1.54) is 11.8 Å². The number of halogens is 1. The fourth-order valence-corrected chi connectivity index (χ4v) is 5.57. The summed E-state index contributed by atoms with van der Waals surface area (Å²) in [6, 6.07) is 22.9. The highest BCUT2D eigenvalue weighted by Crippen LogP contribution is 2.38. The van der Waals surface area contributed by atoms with Gasteiger partial charge in [0.1, 0.15) is 0 Å². The van der Waals surface area contributed by atoms with E-state index in [-0.39, 0.29) is 11.9 Å². The number of aromatic amines is 1. The van der Waals surface area contributed by atoms with E-state index in [9.17, 15) is 9.59 Å². The Hall–Kier alpha value is -4.27. The Kier molecular flexibility index (Phi) is 6.49. The molecule has 0 unspecified atom stereocenters. The number of hydrogen-bond donors (Lipinski definition) is 3. The summed E-state index contributed by atoms with van der Waals surface area (Å²) in [5.41, 5.74) is 5.79. The molecule has 1 aliphatic rings. The number of H-pyrrole nitrogens is 1. The van der Waals surface area contributed by atoms with Gasteiger partial charge in [-0.05, 0) is 47.5 Å². The van der Waals surface area contributed by atoms with E-state index < -0.39 is 0 Å². The molecule has 9 heteroatoms. The summed E-state index contributed by atoms with van der Waals surface area (Å²) >= 11 is 7.62. The summed E-state index contributed by atoms with van der Waals surface area (Å²) in [5, 5.41) is 7.26. The lowest BCUT2D eigenvalue weighted by Gasteiger charge is -2.29. The number of amides is 3. The molecule has 0 aliphatic carbocycles. The Balaban J connectivity index is 1.22. The van der Waals surface area contributed by atoms with Crippen molar-refractivity contribution < 1.29 is 9.59 Å². The Morgan fingerprint density at radius 2 is 1.87 bits per heavy atom. The number of hydrogen-bond acceptors (Lipinski definition) is 4. The zero-order valence-electron chi connectivity index (χ0n) is 20.1. The number of aromatic nitrogens is 2. The molecule has 0 fully saturated rings. The molecule has 3 N–H and O–H groups in total. The second-order valence-electron chi connectivity index (χ2n) is 8.87. The zero-order valence-corrected chi connectivity index (χ0v) is 21.6. The van der Waals surface area contributed by atoms with Gasteiger partial charge in [-0.1, -0.05) is 48.0 Å². The number of urea groups is 1. The van der Waals surface area contributed by atoms with E-state index in [0.29, 0.717) is 28.7 Å². The molecule has 7 nitrogen and oxygen atoms in total. The first-order valence-corrected chi connectivity index (χ1v) is 13.3. The van der Waals surface area contributed by atoms with Crippen molar-refractivity contribution in [3.63, 3.8) is 0 Å². The van der Waals surface area contributed by atoms with Crippen LogP contribution >= 0.6 is 23.4 Å². The molecular weight excluding hydrogens is 518 g/mol. The van der Waals surface area contributed by atoms with Crippen LogP contribution in [0.2, 0.25) is 5.02 Å². The number of carbonyl (C=O) groups is 2. The van der Waals surface area contributed by atoms with E-state index >= 15 is 0 Å². The number of rotatable bonds is 5. The first-order chi connectivity index (χ1) is 18.5. The number of pyridine rings is 1. The molecule has 1 aliphatic heterocycles. The van der Waals surface area contributed by atoms with Gasteiger partial charge in [-0.25, -0.2) is 4.79 Å². The quantitative estimate of drug-likeness (QED) is 0.221. The van der Waals surface area contributed by atoms with Gasteiger partial charge < -0.3 is 20.5 Å². The van der Waals surface area contributed by atoms with E-state index in [0.717, 1.165) is 38.2 Å². The number of carbonyl (C=O) groups excluding carboxylic acids is 2. The van der Waals surface area contributed by atoms with Crippen LogP contribution < -0.4 is 15.5 Å². The third kappa shape index (κ3) is 4.96. The maximum Gasteiger partial charge on any atom is 0.323 e. The summed E-state index contributed by atoms with van der Waals surface area (Å²) in [6.45, 7) is 0.475. The Morgan fingerprint density at radius 3 is 2.71 bits per heavy atom. The van der Waals surface area contributed by atoms with Gasteiger partial charge in [0.05, 0.1) is 28.7 Å². The second kappa shape index (κ2) is 10.2. The highest BCUT2D eigenvalue weighted by atomic mass is 35.5. The number of nitrogens with zero attached hydrogens (tertiary/aromatic N) is 2. The van der Waals surface area contributed by atoms with Crippen molar-refractivity contribution in [1.29, 1.82) is 0 Å². The largest absolute Gasteiger partial charge is 0.359 e. The van der Waals surface area contributed by atoms with Crippen LogP contribution in [-0.2, 0) is 11.3 Å². The fraction of sp³-hybridized carbons (Fsp3) is 0.0690. The molecule has 3 amide bonds. The molecular formula is C29H22ClN5O2S. The predicted octanol–water partition coefficient (Wildman–Crippen LogP) is 7.17. The first kappa shape index (κ1) is 24.1. The van der Waals surface area contributed by atoms with Crippen LogP contribution in [0.3, 0.4) is 0 Å². The van der Waals surface area contributed by atoms with E-state index in [2.05, 4.69) is 20.6 Å². The molecule has 0 spiro atoms. The average Bonchev–Trinajstić information content (AvgIpc) is 3.32. The monoisotopic (exact) mass is 539 g/mol. The van der Waals surface area contributed by atoms with Gasteiger partial charge in [-0.15, -0.1) is 11.8 Å². The summed E-state index contributed by atoms with van der Waals surface area (Å²) < 4.78 is 0. The van der Waals surface area contributed by atoms with Crippen molar-refractivity contribution in [1.82, 2.24) is 9.97 Å². The van der Waals surface area contributed by atoms with E-state index in [1.54, 1.807) is 23.5 Å². The minimum Gasteiger partial charge on any atom is -0.359 e. The van der Waals surface area contributed by atoms with Crippen LogP contribution in [0.15, 0.2) is 96.3 Å². The maximum atomic E-state index is 13.0. The number of anilines is 3. The van der Waals surface area contributed by atoms with Crippen molar-refractivity contribution in [2.45, 2.75) is 11.4 Å². The summed E-state index contributed by atoms with van der Waals surface area (Å²) in [5.74, 6) is 0.429. The average molecular weight is 540 g/mol. The topological polar surface area (TPSA) is 90.1 Å². The smallest absolute Gasteiger partial charge is 0.323 e. The molecule has 2 aromatic heterocycles. The summed E-state index contributed by atoms with van der Waals surface area (Å²) in [7, 11) is 0. The van der Waals surface area contributed by atoms with Crippen molar-refractivity contribution >= 4 is 63.3 Å². The molecule has 5 aromatic rings. The molecule has 3 aromatic carbocycles. The van der Waals surface area contributed by atoms with E-state index in [4.69, 9.17) is 11.6 Å². The first-order valence-electron chi connectivity index (χ1n) is 11.9. The molecule has 0 bridgehead atoms. The minimum absolute atomic E-state index is 0.0393. The summed E-state index contributed by atoms with van der Waals surface area (Å²) in [4.78, 5) is 35.9. The SMILES string of the molecule is O=C(Nc1ccc2c(c1)N(Cc1ccccc1)C(=O)CS2)Nc1c[nH]c2ccc(-c3cncc(Cl)c3)cc12. The second-order valence-corrected chi connectivity index (χ2v) is 10.3. The predicted molar refractivity (Wildman–Crippen MR) is 154 cm³/mol. The van der Waals surface area contributed by atoms with Crippen LogP contribution in [0.5, 0.6) is 0 Å². The standard InChI is InChI=1S/C29H22ClN5O2S/c30-21-10-20(13-31-14-21)19-6-8-24-23(11-19)25(15-32-24)34-29(37)33-22-7-9-27-26(12-22)35(28(36)17-38-27)16-18-4-2-1-3-5-18/h1-15,32H,16-17H2,(H2,33,34,37). The highest BCUT2D eigenvalue weighted by Gasteiger charge is 2.25. The van der Waals surface area contributed by atoms with Crippen LogP contribution in [0, 0.1) is 0 Å². The van der Waals surface area contributed by atoms with Crippen molar-refractivity contribution in [3.05, 3.63) is 102 Å². The van der Waals surface area contributed by atoms with Gasteiger partial charge in [0.15, 0.2) is 0 Å². The lowest BCUT2D eigenvalue weighted by molar-refractivity contribution is -0.116. The minimum atomic E-state index is -0.384. The Labute approximate surface area is 228 Å². The van der Waals surface area contributed by atoms with E-state index in [1.807, 2.05) is 72.8 Å². The number of nitrogens with one attached hydrogen (secondary N) is 3. The normalized spacial score (nSPS) is 12.9. The van der Waals surface area contributed by atoms with Crippen LogP contribution in [-0.4, -0.2) is 27.7 Å². The molecule has 0 radical (unpaired) electrons. The van der Waals surface area contributed by atoms with Gasteiger partial charge in [-0.3, -0.25) is 9.78 Å². The van der Waals surface area contributed by atoms with Crippen LogP contribution in [0.4, 0.5) is 21.9 Å². The Bertz CT molecular complexity index is 1670. The molecule has 0 atom stereocenters. The number of thioether (sulfide) groups is 1. The maximum absolute atomic E-state index is 13.0. The lowest BCUT2D eigenvalue weighted by Crippen LogP contribution is -2.34. The van der Waals surface area contributed by atoms with Gasteiger partial charge in [0.25, 0.3) is 0 Å². The van der Waals surface area contributed by atoms with Crippen molar-refractivity contribution in [2.75, 3.05) is 21.3 Å². The van der Waals surface area contributed by atoms with Crippen molar-refractivity contribution in [2.24, 2.45) is 0 Å². The third-order valence-corrected chi connectivity index (χ3v) is 7.57. The van der Waals surface area contributed by atoms with Gasteiger partial charge in [0, 0.05) is 45.6 Å². The molecule has 38 heavy (non-hydrogen) atoms. The number of fused-ring (bicyclic) bond motifs is 2. The molecule has 0 saturated carbocycles. The van der Waals surface area contributed by atoms with Crippen LogP contribution in [0.25, 0.3) is 22.0 Å². The molecule has 6 rings (SSSR count). The summed E-state index contributed by atoms with van der Waals surface area (Å²) in [6.07, 6.45) is 5.10. The lowest BCUT2D eigenvalue weighted by atomic mass is 10.1. The van der Waals surface area contributed by atoms with Crippen LogP contribution in [0.1, 0.15) is 5.56 Å². The molecule has 0 saturated heterocycles. The molecule has 3 heterocycles. The van der Waals surface area contributed by atoms with Gasteiger partial charge >= 0.3 is 6.03 Å². The number of benzene rings is 3. The highest BCUT2D eigenvalue weighted by molar-refractivity contribution is 8.00. The van der Waals surface area contributed by atoms with Gasteiger partial charge in [-0.2, -0.15) is 0 Å². The van der Waals surface area contributed by atoms with Crippen molar-refractivity contribution in [3.8, 4) is 11.1 Å². The fourth-order valence-electron chi connectivity index (χ4n) is 4.48. The Morgan fingerprint density at radius 1 is 1.00 bits per heavy atom. The zero-order chi connectivity index (χ0) is 26.1. The van der Waals surface area contributed by atoms with Gasteiger partial charge in [0.2, 0.25) is 5.91 Å². The molecule has 188 valence electrons. The third-order valence-electron chi connectivity index (χ3n) is 6.31.